The van der Waals surface area contributed by atoms with Gasteiger partial charge in [0.15, 0.2) is 9.86 Å². The minimum absolute atomic E-state index is 0.294. The predicted octanol–water partition coefficient (Wildman–Crippen LogP) is 3.77. The summed E-state index contributed by atoms with van der Waals surface area (Å²) in [6, 6.07) is 11.9. The molecule has 0 fully saturated rings. The van der Waals surface area contributed by atoms with E-state index >= 15 is 0 Å². The van der Waals surface area contributed by atoms with Gasteiger partial charge in [-0.05, 0) is 18.2 Å². The van der Waals surface area contributed by atoms with Crippen molar-refractivity contribution < 1.29 is 13.3 Å². The molecule has 4 rings (SSSR count). The predicted molar refractivity (Wildman–Crippen MR) is 102 cm³/mol. The molecule has 2 aromatic heterocycles. The molecule has 27 heavy (non-hydrogen) atoms. The Morgan fingerprint density at radius 1 is 1.15 bits per heavy atom. The molecule has 4 aromatic rings. The number of para-hydroxylation sites is 1. The SMILES string of the molecule is O=[N+]([O-])c1ccccc1S(=O)(=O)Nc1cccc(-c2cn3ccsc3n2)c1. The molecule has 0 spiro atoms. The van der Waals surface area contributed by atoms with E-state index in [1.165, 1.54) is 29.5 Å². The normalized spacial score (nSPS) is 11.6. The quantitative estimate of drug-likeness (QED) is 0.405. The van der Waals surface area contributed by atoms with E-state index < -0.39 is 20.6 Å². The van der Waals surface area contributed by atoms with Gasteiger partial charge in [0, 0.05) is 35.1 Å². The first kappa shape index (κ1) is 17.2. The standard InChI is InChI=1S/C17H12N4O4S2/c22-21(23)15-6-1-2-7-16(15)27(24,25)19-13-5-3-4-12(10-13)14-11-20-8-9-26-17(20)18-14/h1-11,19H. The highest BCUT2D eigenvalue weighted by molar-refractivity contribution is 7.92. The van der Waals surface area contributed by atoms with Crippen LogP contribution in [0.4, 0.5) is 11.4 Å². The Balaban J connectivity index is 1.69. The van der Waals surface area contributed by atoms with E-state index in [1.807, 2.05) is 28.2 Å². The number of fused-ring (bicyclic) bond motifs is 1. The van der Waals surface area contributed by atoms with E-state index in [0.717, 1.165) is 16.6 Å². The average Bonchev–Trinajstić information content (AvgIpc) is 3.23. The van der Waals surface area contributed by atoms with Crippen LogP contribution in [-0.4, -0.2) is 22.7 Å². The van der Waals surface area contributed by atoms with Gasteiger partial charge in [0.25, 0.3) is 15.7 Å². The van der Waals surface area contributed by atoms with E-state index in [9.17, 15) is 18.5 Å². The second kappa shape index (κ2) is 6.49. The molecule has 10 heteroatoms. The van der Waals surface area contributed by atoms with Crippen molar-refractivity contribution in [2.24, 2.45) is 0 Å². The Kier molecular flexibility index (Phi) is 4.13. The number of anilines is 1. The number of thiazole rings is 1. The topological polar surface area (TPSA) is 107 Å². The summed E-state index contributed by atoms with van der Waals surface area (Å²) in [6.45, 7) is 0. The molecule has 0 radical (unpaired) electrons. The fraction of sp³-hybridized carbons (Fsp3) is 0. The molecule has 0 saturated carbocycles. The van der Waals surface area contributed by atoms with Crippen molar-refractivity contribution in [3.05, 3.63) is 76.4 Å². The fourth-order valence-corrected chi connectivity index (χ4v) is 4.58. The number of nitrogens with zero attached hydrogens (tertiary/aromatic N) is 3. The Bertz CT molecular complexity index is 1230. The van der Waals surface area contributed by atoms with Crippen molar-refractivity contribution in [3.63, 3.8) is 0 Å². The lowest BCUT2D eigenvalue weighted by atomic mass is 10.1. The third-order valence-corrected chi connectivity index (χ3v) is 6.05. The lowest BCUT2D eigenvalue weighted by molar-refractivity contribution is -0.387. The molecule has 0 unspecified atom stereocenters. The van der Waals surface area contributed by atoms with Crippen LogP contribution in [0.3, 0.4) is 0 Å². The summed E-state index contributed by atoms with van der Waals surface area (Å²) in [4.78, 5) is 15.3. The van der Waals surface area contributed by atoms with Crippen LogP contribution in [-0.2, 0) is 10.0 Å². The lowest BCUT2D eigenvalue weighted by Crippen LogP contribution is -2.14. The number of rotatable bonds is 5. The molecule has 0 aliphatic carbocycles. The highest BCUT2D eigenvalue weighted by Gasteiger charge is 2.25. The number of nitro groups is 1. The average molecular weight is 400 g/mol. The maximum absolute atomic E-state index is 12.6. The highest BCUT2D eigenvalue weighted by Crippen LogP contribution is 2.28. The summed E-state index contributed by atoms with van der Waals surface area (Å²) >= 11 is 1.50. The Morgan fingerprint density at radius 2 is 1.96 bits per heavy atom. The van der Waals surface area contributed by atoms with Crippen LogP contribution in [0.25, 0.3) is 16.2 Å². The number of sulfonamides is 1. The van der Waals surface area contributed by atoms with Crippen LogP contribution in [0.2, 0.25) is 0 Å². The van der Waals surface area contributed by atoms with Gasteiger partial charge in [0.05, 0.1) is 10.6 Å². The zero-order valence-corrected chi connectivity index (χ0v) is 15.3. The summed E-state index contributed by atoms with van der Waals surface area (Å²) in [6.07, 6.45) is 3.74. The van der Waals surface area contributed by atoms with Crippen LogP contribution >= 0.6 is 11.3 Å². The first-order chi connectivity index (χ1) is 12.9. The van der Waals surface area contributed by atoms with Gasteiger partial charge in [-0.15, -0.1) is 11.3 Å². The van der Waals surface area contributed by atoms with Gasteiger partial charge < -0.3 is 0 Å². The van der Waals surface area contributed by atoms with Gasteiger partial charge in [-0.25, -0.2) is 13.4 Å². The van der Waals surface area contributed by atoms with Crippen LogP contribution < -0.4 is 4.72 Å². The minimum Gasteiger partial charge on any atom is -0.297 e. The van der Waals surface area contributed by atoms with Gasteiger partial charge in [0.2, 0.25) is 0 Å². The molecule has 0 atom stereocenters. The van der Waals surface area contributed by atoms with Crippen molar-refractivity contribution in [1.29, 1.82) is 0 Å². The molecule has 8 nitrogen and oxygen atoms in total. The van der Waals surface area contributed by atoms with Crippen molar-refractivity contribution in [2.45, 2.75) is 4.90 Å². The summed E-state index contributed by atoms with van der Waals surface area (Å²) in [7, 11) is -4.12. The number of hydrogen-bond donors (Lipinski definition) is 1. The molecule has 2 aromatic carbocycles. The zero-order chi connectivity index (χ0) is 19.0. The number of aromatic nitrogens is 2. The first-order valence-electron chi connectivity index (χ1n) is 7.73. The molecule has 0 aliphatic rings. The van der Waals surface area contributed by atoms with Crippen LogP contribution in [0.1, 0.15) is 0 Å². The monoisotopic (exact) mass is 400 g/mol. The molecule has 136 valence electrons. The summed E-state index contributed by atoms with van der Waals surface area (Å²) in [5.41, 5.74) is 1.25. The molecule has 0 aliphatic heterocycles. The van der Waals surface area contributed by atoms with Crippen molar-refractivity contribution in [2.75, 3.05) is 4.72 Å². The summed E-state index contributed by atoms with van der Waals surface area (Å²) in [5, 5.41) is 13.0. The van der Waals surface area contributed by atoms with E-state index in [2.05, 4.69) is 9.71 Å². The molecular weight excluding hydrogens is 388 g/mol. The minimum atomic E-state index is -4.12. The number of benzene rings is 2. The maximum atomic E-state index is 12.6. The van der Waals surface area contributed by atoms with Gasteiger partial charge in [-0.2, -0.15) is 0 Å². The van der Waals surface area contributed by atoms with Gasteiger partial charge in [-0.3, -0.25) is 19.2 Å². The van der Waals surface area contributed by atoms with Crippen molar-refractivity contribution in [3.8, 4) is 11.3 Å². The van der Waals surface area contributed by atoms with E-state index in [0.29, 0.717) is 11.4 Å². The Labute approximate surface area is 157 Å². The number of hydrogen-bond acceptors (Lipinski definition) is 6. The van der Waals surface area contributed by atoms with Gasteiger partial charge >= 0.3 is 0 Å². The number of imidazole rings is 1. The third kappa shape index (κ3) is 3.27. The summed E-state index contributed by atoms with van der Waals surface area (Å²) in [5.74, 6) is 0. The third-order valence-electron chi connectivity index (χ3n) is 3.86. The molecular formula is C17H12N4O4S2. The molecule has 2 heterocycles. The van der Waals surface area contributed by atoms with Gasteiger partial charge in [-0.1, -0.05) is 24.3 Å². The van der Waals surface area contributed by atoms with E-state index in [4.69, 9.17) is 0 Å². The maximum Gasteiger partial charge on any atom is 0.289 e. The largest absolute Gasteiger partial charge is 0.297 e. The number of nitrogens with one attached hydrogen (secondary N) is 1. The van der Waals surface area contributed by atoms with Gasteiger partial charge in [0.1, 0.15) is 0 Å². The van der Waals surface area contributed by atoms with E-state index in [-0.39, 0.29) is 4.90 Å². The second-order valence-electron chi connectivity index (χ2n) is 5.63. The lowest BCUT2D eigenvalue weighted by Gasteiger charge is -2.09. The number of nitro benzene ring substituents is 1. The fourth-order valence-electron chi connectivity index (χ4n) is 2.65. The molecule has 0 bridgehead atoms. The van der Waals surface area contributed by atoms with Crippen molar-refractivity contribution in [1.82, 2.24) is 9.38 Å². The molecule has 0 saturated heterocycles. The van der Waals surface area contributed by atoms with Crippen LogP contribution in [0, 0.1) is 10.1 Å². The highest BCUT2D eigenvalue weighted by atomic mass is 32.2. The second-order valence-corrected chi connectivity index (χ2v) is 8.15. The summed E-state index contributed by atoms with van der Waals surface area (Å²) < 4.78 is 29.6. The van der Waals surface area contributed by atoms with Crippen LogP contribution in [0.15, 0.2) is 71.2 Å². The Hall–Kier alpha value is -3.24. The molecule has 1 N–H and O–H groups in total. The van der Waals surface area contributed by atoms with Crippen LogP contribution in [0.5, 0.6) is 0 Å². The first-order valence-corrected chi connectivity index (χ1v) is 10.1. The smallest absolute Gasteiger partial charge is 0.289 e. The molecule has 0 amide bonds. The van der Waals surface area contributed by atoms with E-state index in [1.54, 1.807) is 18.2 Å². The zero-order valence-electron chi connectivity index (χ0n) is 13.6. The Morgan fingerprint density at radius 3 is 2.74 bits per heavy atom. The van der Waals surface area contributed by atoms with Crippen molar-refractivity contribution >= 4 is 37.7 Å².